The third-order valence-electron chi connectivity index (χ3n) is 2.18. The second kappa shape index (κ2) is 9.14. The molecule has 0 amide bonds. The summed E-state index contributed by atoms with van der Waals surface area (Å²) in [6, 6.07) is 0. The zero-order valence-electron chi connectivity index (χ0n) is 11.9. The molecule has 0 aromatic carbocycles. The highest BCUT2D eigenvalue weighted by atomic mass is 16.1. The molecule has 0 atom stereocenters. The molecule has 1 aliphatic carbocycles. The van der Waals surface area contributed by atoms with Crippen LogP contribution in [0.5, 0.6) is 0 Å². The van der Waals surface area contributed by atoms with Gasteiger partial charge in [0.25, 0.3) is 0 Å². The predicted molar refractivity (Wildman–Crippen MR) is 73.6 cm³/mol. The van der Waals surface area contributed by atoms with Crippen LogP contribution in [0, 0.1) is 0 Å². The zero-order valence-corrected chi connectivity index (χ0v) is 11.9. The lowest BCUT2D eigenvalue weighted by Gasteiger charge is -2.13. The van der Waals surface area contributed by atoms with E-state index in [0.29, 0.717) is 5.57 Å². The topological polar surface area (TPSA) is 17.1 Å². The minimum atomic E-state index is 0.0769. The van der Waals surface area contributed by atoms with Crippen molar-refractivity contribution in [2.75, 3.05) is 0 Å². The second-order valence-electron chi connectivity index (χ2n) is 3.64. The fraction of sp³-hybridized carbons (Fsp3) is 0.533. The van der Waals surface area contributed by atoms with Crippen LogP contribution in [0.25, 0.3) is 0 Å². The molecule has 92 valence electrons. The van der Waals surface area contributed by atoms with Gasteiger partial charge in [-0.25, -0.2) is 0 Å². The summed E-state index contributed by atoms with van der Waals surface area (Å²) in [5.41, 5.74) is 3.66. The Balaban J connectivity index is 0. The molecule has 0 heterocycles. The lowest BCUT2D eigenvalue weighted by atomic mass is 9.90. The van der Waals surface area contributed by atoms with Crippen molar-refractivity contribution in [3.05, 3.63) is 34.9 Å². The SMILES string of the molecule is C=C1C=C(C)C(C)=C(C)C1=O.CC.CCC. The minimum absolute atomic E-state index is 0.0769. The average Bonchev–Trinajstić information content (AvgIpc) is 2.28. The maximum Gasteiger partial charge on any atom is 0.188 e. The van der Waals surface area contributed by atoms with Crippen molar-refractivity contribution < 1.29 is 4.79 Å². The number of ketones is 1. The van der Waals surface area contributed by atoms with Crippen LogP contribution in [-0.4, -0.2) is 5.78 Å². The maximum atomic E-state index is 11.3. The Morgan fingerprint density at radius 3 is 1.81 bits per heavy atom. The number of carbonyl (C=O) groups excluding carboxylic acids is 1. The third kappa shape index (κ3) is 5.11. The number of hydrogen-bond acceptors (Lipinski definition) is 1. The fourth-order valence-corrected chi connectivity index (χ4v) is 1.14. The summed E-state index contributed by atoms with van der Waals surface area (Å²) in [6.45, 7) is 17.7. The van der Waals surface area contributed by atoms with Gasteiger partial charge in [0.2, 0.25) is 0 Å². The van der Waals surface area contributed by atoms with Gasteiger partial charge in [-0.15, -0.1) is 0 Å². The maximum absolute atomic E-state index is 11.3. The molecule has 0 unspecified atom stereocenters. The van der Waals surface area contributed by atoms with E-state index in [1.807, 2.05) is 40.7 Å². The van der Waals surface area contributed by atoms with Crippen LogP contribution in [0.3, 0.4) is 0 Å². The highest BCUT2D eigenvalue weighted by Crippen LogP contribution is 2.23. The normalized spacial score (nSPS) is 14.6. The fourth-order valence-electron chi connectivity index (χ4n) is 1.14. The molecule has 0 N–H and O–H groups in total. The Hall–Kier alpha value is -1.11. The van der Waals surface area contributed by atoms with Crippen molar-refractivity contribution >= 4 is 5.78 Å². The highest BCUT2D eigenvalue weighted by molar-refractivity contribution is 6.11. The number of rotatable bonds is 0. The molecule has 0 aliphatic heterocycles. The number of Topliss-reactive ketones (excluding diaryl/α,β-unsaturated/α-hetero) is 1. The second-order valence-corrected chi connectivity index (χ2v) is 3.64. The van der Waals surface area contributed by atoms with Crippen LogP contribution in [-0.2, 0) is 4.79 Å². The number of hydrogen-bond donors (Lipinski definition) is 0. The van der Waals surface area contributed by atoms with Gasteiger partial charge < -0.3 is 0 Å². The molecule has 1 nitrogen and oxygen atoms in total. The van der Waals surface area contributed by atoms with Gasteiger partial charge in [0.05, 0.1) is 0 Å². The highest BCUT2D eigenvalue weighted by Gasteiger charge is 2.15. The number of carbonyl (C=O) groups is 1. The Labute approximate surface area is 101 Å². The molecule has 0 radical (unpaired) electrons. The lowest BCUT2D eigenvalue weighted by Crippen LogP contribution is -2.08. The Kier molecular flexibility index (Phi) is 9.88. The van der Waals surface area contributed by atoms with Gasteiger partial charge in [-0.05, 0) is 38.0 Å². The predicted octanol–water partition coefficient (Wildman–Crippen LogP) is 4.85. The monoisotopic (exact) mass is 222 g/mol. The van der Waals surface area contributed by atoms with Crippen molar-refractivity contribution in [1.82, 2.24) is 0 Å². The van der Waals surface area contributed by atoms with Crippen LogP contribution in [0.2, 0.25) is 0 Å². The van der Waals surface area contributed by atoms with E-state index >= 15 is 0 Å². The Bertz CT molecular complexity index is 303. The van der Waals surface area contributed by atoms with Crippen molar-refractivity contribution in [3.63, 3.8) is 0 Å². The van der Waals surface area contributed by atoms with Gasteiger partial charge in [-0.1, -0.05) is 40.7 Å². The molecule has 0 spiro atoms. The van der Waals surface area contributed by atoms with E-state index in [4.69, 9.17) is 0 Å². The Morgan fingerprint density at radius 1 is 1.06 bits per heavy atom. The molecule has 16 heavy (non-hydrogen) atoms. The summed E-state index contributed by atoms with van der Waals surface area (Å²) in [7, 11) is 0. The lowest BCUT2D eigenvalue weighted by molar-refractivity contribution is -0.112. The molecule has 1 aliphatic rings. The van der Waals surface area contributed by atoms with Crippen LogP contribution in [0.1, 0.15) is 54.9 Å². The van der Waals surface area contributed by atoms with E-state index < -0.39 is 0 Å². The summed E-state index contributed by atoms with van der Waals surface area (Å²) in [6.07, 6.45) is 3.09. The largest absolute Gasteiger partial charge is 0.289 e. The first-order valence-electron chi connectivity index (χ1n) is 6.05. The van der Waals surface area contributed by atoms with E-state index in [9.17, 15) is 4.79 Å². The van der Waals surface area contributed by atoms with E-state index in [1.165, 1.54) is 6.42 Å². The molecule has 0 bridgehead atoms. The molecule has 0 saturated carbocycles. The summed E-state index contributed by atoms with van der Waals surface area (Å²) in [4.78, 5) is 11.3. The summed E-state index contributed by atoms with van der Waals surface area (Å²) in [5, 5.41) is 0. The first kappa shape index (κ1) is 17.3. The van der Waals surface area contributed by atoms with Crippen molar-refractivity contribution in [3.8, 4) is 0 Å². The standard InChI is InChI=1S/C10H12O.C3H8.C2H6/c1-6-5-7(2)10(11)9(4)8(6)3;1-3-2;1-2/h5H,2H2,1,3-4H3;3H2,1-2H3;1-2H3. The summed E-state index contributed by atoms with van der Waals surface area (Å²) in [5.74, 6) is 0.0769. The van der Waals surface area contributed by atoms with Crippen molar-refractivity contribution in [1.29, 1.82) is 0 Å². The van der Waals surface area contributed by atoms with Crippen LogP contribution >= 0.6 is 0 Å². The molecule has 1 rings (SSSR count). The van der Waals surface area contributed by atoms with Gasteiger partial charge in [0.15, 0.2) is 5.78 Å². The Morgan fingerprint density at radius 2 is 1.44 bits per heavy atom. The van der Waals surface area contributed by atoms with Crippen LogP contribution in [0.15, 0.2) is 34.9 Å². The van der Waals surface area contributed by atoms with E-state index in [-0.39, 0.29) is 5.78 Å². The van der Waals surface area contributed by atoms with Gasteiger partial charge in [0, 0.05) is 11.1 Å². The van der Waals surface area contributed by atoms with Gasteiger partial charge >= 0.3 is 0 Å². The van der Waals surface area contributed by atoms with Crippen LogP contribution in [0.4, 0.5) is 0 Å². The van der Waals surface area contributed by atoms with Gasteiger partial charge in [0.1, 0.15) is 0 Å². The molecular weight excluding hydrogens is 196 g/mol. The molecule has 0 saturated heterocycles. The quantitative estimate of drug-likeness (QED) is 0.535. The van der Waals surface area contributed by atoms with Crippen LogP contribution < -0.4 is 0 Å². The number of allylic oxidation sites excluding steroid dienone is 5. The summed E-state index contributed by atoms with van der Waals surface area (Å²) < 4.78 is 0. The van der Waals surface area contributed by atoms with E-state index in [0.717, 1.165) is 16.7 Å². The minimum Gasteiger partial charge on any atom is -0.289 e. The zero-order chi connectivity index (χ0) is 13.3. The summed E-state index contributed by atoms with van der Waals surface area (Å²) >= 11 is 0. The van der Waals surface area contributed by atoms with Gasteiger partial charge in [-0.3, -0.25) is 4.79 Å². The molecule has 0 aromatic rings. The van der Waals surface area contributed by atoms with Gasteiger partial charge in [-0.2, -0.15) is 0 Å². The first-order chi connectivity index (χ1) is 7.45. The molecule has 1 heteroatoms. The molecule has 0 aromatic heterocycles. The third-order valence-corrected chi connectivity index (χ3v) is 2.18. The van der Waals surface area contributed by atoms with E-state index in [1.54, 1.807) is 0 Å². The van der Waals surface area contributed by atoms with E-state index in [2.05, 4.69) is 20.4 Å². The smallest absolute Gasteiger partial charge is 0.188 e. The molecular formula is C15H26O. The molecule has 0 fully saturated rings. The first-order valence-corrected chi connectivity index (χ1v) is 6.05. The van der Waals surface area contributed by atoms with Crippen molar-refractivity contribution in [2.24, 2.45) is 0 Å². The van der Waals surface area contributed by atoms with Crippen molar-refractivity contribution in [2.45, 2.75) is 54.9 Å². The average molecular weight is 222 g/mol.